The molecule has 0 heterocycles. The quantitative estimate of drug-likeness (QED) is 0.727. The van der Waals surface area contributed by atoms with Crippen molar-refractivity contribution in [3.05, 3.63) is 57.2 Å². The lowest BCUT2D eigenvalue weighted by Gasteiger charge is -2.19. The predicted octanol–water partition coefficient (Wildman–Crippen LogP) is 4.70. The molecule has 116 valence electrons. The Morgan fingerprint density at radius 3 is 2.50 bits per heavy atom. The molecule has 0 aromatic heterocycles. The van der Waals surface area contributed by atoms with E-state index in [1.807, 2.05) is 63.2 Å². The lowest BCUT2D eigenvalue weighted by molar-refractivity contribution is -0.122. The van der Waals surface area contributed by atoms with Crippen molar-refractivity contribution in [1.29, 1.82) is 0 Å². The first kappa shape index (κ1) is 16.8. The van der Waals surface area contributed by atoms with Gasteiger partial charge in [0.1, 0.15) is 5.75 Å². The summed E-state index contributed by atoms with van der Waals surface area (Å²) < 4.78 is 7.05. The lowest BCUT2D eigenvalue weighted by Crippen LogP contribution is -2.32. The number of rotatable bonds is 5. The second-order valence-corrected chi connectivity index (χ2v) is 6.53. The third-order valence-corrected chi connectivity index (χ3v) is 4.11. The molecule has 1 N–H and O–H groups in total. The summed E-state index contributed by atoms with van der Waals surface area (Å²) in [5.74, 6) is 0.647. The summed E-state index contributed by atoms with van der Waals surface area (Å²) in [5.41, 5.74) is 2.94. The summed E-state index contributed by atoms with van der Waals surface area (Å²) in [5, 5.41) is 2.91. The van der Waals surface area contributed by atoms with Crippen LogP contribution in [-0.4, -0.2) is 12.0 Å². The molecule has 0 aliphatic heterocycles. The Morgan fingerprint density at radius 1 is 1.18 bits per heavy atom. The van der Waals surface area contributed by atoms with Gasteiger partial charge in [-0.25, -0.2) is 0 Å². The Hall–Kier alpha value is -1.56. The van der Waals surface area contributed by atoms with E-state index < -0.39 is 6.10 Å². The smallest absolute Gasteiger partial charge is 0.265 e. The van der Waals surface area contributed by atoms with Crippen molar-refractivity contribution < 1.29 is 9.53 Å². The standard InChI is InChI=1S/C18H20INO2/c1-4-16(22-17-11-12(2)5-6-13(17)3)18(21)20-15-9-7-14(19)8-10-15/h5-11,16H,4H2,1-3H3,(H,20,21)/t16-/m1/s1. The molecule has 0 fully saturated rings. The molecular formula is C18H20INO2. The summed E-state index contributed by atoms with van der Waals surface area (Å²) in [6, 6.07) is 13.7. The molecule has 0 aliphatic carbocycles. The highest BCUT2D eigenvalue weighted by Crippen LogP contribution is 2.22. The zero-order valence-electron chi connectivity index (χ0n) is 13.0. The van der Waals surface area contributed by atoms with Gasteiger partial charge in [-0.2, -0.15) is 0 Å². The number of hydrogen-bond acceptors (Lipinski definition) is 2. The van der Waals surface area contributed by atoms with Crippen LogP contribution in [0.5, 0.6) is 5.75 Å². The van der Waals surface area contributed by atoms with E-state index in [0.717, 1.165) is 26.1 Å². The molecule has 2 rings (SSSR count). The maximum Gasteiger partial charge on any atom is 0.265 e. The fourth-order valence-electron chi connectivity index (χ4n) is 2.07. The molecule has 0 saturated heterocycles. The number of anilines is 1. The number of hydrogen-bond donors (Lipinski definition) is 1. The number of carbonyl (C=O) groups is 1. The van der Waals surface area contributed by atoms with Crippen molar-refractivity contribution in [1.82, 2.24) is 0 Å². The summed E-state index contributed by atoms with van der Waals surface area (Å²) in [4.78, 5) is 12.4. The average molecular weight is 409 g/mol. The minimum Gasteiger partial charge on any atom is -0.480 e. The van der Waals surface area contributed by atoms with E-state index in [9.17, 15) is 4.79 Å². The maximum absolute atomic E-state index is 12.4. The van der Waals surface area contributed by atoms with Crippen molar-refractivity contribution in [2.45, 2.75) is 33.3 Å². The van der Waals surface area contributed by atoms with Crippen LogP contribution in [0.1, 0.15) is 24.5 Å². The van der Waals surface area contributed by atoms with E-state index in [2.05, 4.69) is 27.9 Å². The van der Waals surface area contributed by atoms with Crippen molar-refractivity contribution in [2.24, 2.45) is 0 Å². The van der Waals surface area contributed by atoms with Gasteiger partial charge in [-0.3, -0.25) is 4.79 Å². The molecule has 22 heavy (non-hydrogen) atoms. The highest BCUT2D eigenvalue weighted by atomic mass is 127. The Labute approximate surface area is 145 Å². The molecule has 2 aromatic rings. The van der Waals surface area contributed by atoms with Crippen LogP contribution in [0.15, 0.2) is 42.5 Å². The normalized spacial score (nSPS) is 11.8. The largest absolute Gasteiger partial charge is 0.480 e. The predicted molar refractivity (Wildman–Crippen MR) is 98.4 cm³/mol. The highest BCUT2D eigenvalue weighted by Gasteiger charge is 2.19. The number of aryl methyl sites for hydroxylation is 2. The van der Waals surface area contributed by atoms with E-state index in [0.29, 0.717) is 6.42 Å². The minimum absolute atomic E-state index is 0.121. The van der Waals surface area contributed by atoms with Crippen LogP contribution in [0.4, 0.5) is 5.69 Å². The molecule has 1 amide bonds. The second kappa shape index (κ2) is 7.63. The van der Waals surface area contributed by atoms with Crippen LogP contribution < -0.4 is 10.1 Å². The van der Waals surface area contributed by atoms with E-state index in [-0.39, 0.29) is 5.91 Å². The minimum atomic E-state index is -0.500. The summed E-state index contributed by atoms with van der Waals surface area (Å²) in [6.07, 6.45) is 0.114. The number of halogens is 1. The topological polar surface area (TPSA) is 38.3 Å². The molecule has 1 atom stereocenters. The molecule has 3 nitrogen and oxygen atoms in total. The first-order valence-corrected chi connectivity index (χ1v) is 8.38. The van der Waals surface area contributed by atoms with Crippen LogP contribution in [0, 0.1) is 17.4 Å². The molecule has 0 aliphatic rings. The second-order valence-electron chi connectivity index (χ2n) is 5.28. The van der Waals surface area contributed by atoms with Gasteiger partial charge in [0.2, 0.25) is 0 Å². The molecule has 0 radical (unpaired) electrons. The Balaban J connectivity index is 2.08. The number of nitrogens with one attached hydrogen (secondary N) is 1. The van der Waals surface area contributed by atoms with Crippen molar-refractivity contribution in [2.75, 3.05) is 5.32 Å². The van der Waals surface area contributed by atoms with Crippen molar-refractivity contribution in [3.8, 4) is 5.75 Å². The fourth-order valence-corrected chi connectivity index (χ4v) is 2.43. The first-order chi connectivity index (χ1) is 10.5. The Kier molecular flexibility index (Phi) is 5.83. The number of ether oxygens (including phenoxy) is 1. The molecule has 0 unspecified atom stereocenters. The monoisotopic (exact) mass is 409 g/mol. The van der Waals surface area contributed by atoms with Gasteiger partial charge in [-0.05, 0) is 84.3 Å². The SMILES string of the molecule is CC[C@@H](Oc1cc(C)ccc1C)C(=O)Nc1ccc(I)cc1. The zero-order chi connectivity index (χ0) is 16.1. The van der Waals surface area contributed by atoms with Gasteiger partial charge < -0.3 is 10.1 Å². The van der Waals surface area contributed by atoms with Gasteiger partial charge in [0.15, 0.2) is 6.10 Å². The van der Waals surface area contributed by atoms with Crippen LogP contribution in [0.3, 0.4) is 0 Å². The zero-order valence-corrected chi connectivity index (χ0v) is 15.2. The average Bonchev–Trinajstić information content (AvgIpc) is 2.50. The van der Waals surface area contributed by atoms with Crippen LogP contribution in [0.2, 0.25) is 0 Å². The van der Waals surface area contributed by atoms with Gasteiger partial charge in [-0.1, -0.05) is 19.1 Å². The molecule has 4 heteroatoms. The third-order valence-electron chi connectivity index (χ3n) is 3.39. The van der Waals surface area contributed by atoms with Crippen LogP contribution >= 0.6 is 22.6 Å². The first-order valence-electron chi connectivity index (χ1n) is 7.30. The van der Waals surface area contributed by atoms with Gasteiger partial charge in [0.05, 0.1) is 0 Å². The van der Waals surface area contributed by atoms with Crippen LogP contribution in [-0.2, 0) is 4.79 Å². The van der Waals surface area contributed by atoms with E-state index in [1.54, 1.807) is 0 Å². The fraction of sp³-hybridized carbons (Fsp3) is 0.278. The molecule has 2 aromatic carbocycles. The van der Waals surface area contributed by atoms with Crippen molar-refractivity contribution in [3.63, 3.8) is 0 Å². The van der Waals surface area contributed by atoms with E-state index in [1.165, 1.54) is 0 Å². The van der Waals surface area contributed by atoms with E-state index >= 15 is 0 Å². The summed E-state index contributed by atoms with van der Waals surface area (Å²) in [7, 11) is 0. The molecule has 0 saturated carbocycles. The third kappa shape index (κ3) is 4.47. The van der Waals surface area contributed by atoms with E-state index in [4.69, 9.17) is 4.74 Å². The Bertz CT molecular complexity index is 653. The maximum atomic E-state index is 12.4. The van der Waals surface area contributed by atoms with Gasteiger partial charge in [0, 0.05) is 9.26 Å². The van der Waals surface area contributed by atoms with Gasteiger partial charge in [-0.15, -0.1) is 0 Å². The van der Waals surface area contributed by atoms with Crippen LogP contribution in [0.25, 0.3) is 0 Å². The van der Waals surface area contributed by atoms with Gasteiger partial charge in [0.25, 0.3) is 5.91 Å². The number of amides is 1. The number of carbonyl (C=O) groups excluding carboxylic acids is 1. The summed E-state index contributed by atoms with van der Waals surface area (Å²) in [6.45, 7) is 5.95. The highest BCUT2D eigenvalue weighted by molar-refractivity contribution is 14.1. The Morgan fingerprint density at radius 2 is 1.86 bits per heavy atom. The van der Waals surface area contributed by atoms with Crippen molar-refractivity contribution >= 4 is 34.2 Å². The summed E-state index contributed by atoms with van der Waals surface area (Å²) >= 11 is 2.24. The molecule has 0 bridgehead atoms. The number of benzene rings is 2. The molecular weight excluding hydrogens is 389 g/mol. The van der Waals surface area contributed by atoms with Gasteiger partial charge >= 0.3 is 0 Å². The molecule has 0 spiro atoms. The lowest BCUT2D eigenvalue weighted by atomic mass is 10.1.